The molecule has 32 heavy (non-hydrogen) atoms. The fourth-order valence-corrected chi connectivity index (χ4v) is 4.62. The van der Waals surface area contributed by atoms with Crippen molar-refractivity contribution in [2.24, 2.45) is 0 Å². The second-order valence-corrected chi connectivity index (χ2v) is 8.76. The summed E-state index contributed by atoms with van der Waals surface area (Å²) in [6.07, 6.45) is 3.87. The largest absolute Gasteiger partial charge is 0.493 e. The molecule has 3 heterocycles. The number of methoxy groups -OCH3 is 2. The zero-order valence-corrected chi connectivity index (χ0v) is 19.9. The molecule has 0 unspecified atom stereocenters. The van der Waals surface area contributed by atoms with Crippen molar-refractivity contribution in [2.75, 3.05) is 20.8 Å². The van der Waals surface area contributed by atoms with Gasteiger partial charge in [0.1, 0.15) is 0 Å². The number of pyridine rings is 1. The first-order valence-electron chi connectivity index (χ1n) is 11.2. The van der Waals surface area contributed by atoms with E-state index in [9.17, 15) is 4.79 Å². The molecule has 4 rings (SSSR count). The summed E-state index contributed by atoms with van der Waals surface area (Å²) >= 11 is 0. The van der Waals surface area contributed by atoms with Crippen LogP contribution in [0.25, 0.3) is 11.0 Å². The fourth-order valence-electron chi connectivity index (χ4n) is 4.62. The number of ether oxygens (including phenoxy) is 2. The summed E-state index contributed by atoms with van der Waals surface area (Å²) in [4.78, 5) is 19.8. The lowest BCUT2D eigenvalue weighted by atomic mass is 9.97. The Morgan fingerprint density at radius 2 is 1.81 bits per heavy atom. The number of rotatable bonds is 6. The van der Waals surface area contributed by atoms with E-state index < -0.39 is 0 Å². The van der Waals surface area contributed by atoms with Crippen LogP contribution in [0.1, 0.15) is 54.3 Å². The van der Waals surface area contributed by atoms with Gasteiger partial charge in [0.25, 0.3) is 0 Å². The molecule has 0 saturated carbocycles. The van der Waals surface area contributed by atoms with Gasteiger partial charge in [-0.25, -0.2) is 9.67 Å². The summed E-state index contributed by atoms with van der Waals surface area (Å²) in [5.41, 5.74) is 6.56. The fraction of sp³-hybridized carbons (Fsp3) is 0.480. The molecule has 7 heteroatoms. The van der Waals surface area contributed by atoms with Crippen LogP contribution in [0.2, 0.25) is 0 Å². The van der Waals surface area contributed by atoms with Crippen LogP contribution in [0, 0.1) is 13.8 Å². The van der Waals surface area contributed by atoms with Crippen molar-refractivity contribution in [3.63, 3.8) is 0 Å². The highest BCUT2D eigenvalue weighted by atomic mass is 16.5. The smallest absolute Gasteiger partial charge is 0.223 e. The predicted molar refractivity (Wildman–Crippen MR) is 124 cm³/mol. The number of amides is 1. The van der Waals surface area contributed by atoms with E-state index >= 15 is 0 Å². The third-order valence-electron chi connectivity index (χ3n) is 6.48. The van der Waals surface area contributed by atoms with E-state index in [1.807, 2.05) is 34.8 Å². The van der Waals surface area contributed by atoms with Gasteiger partial charge in [-0.05, 0) is 74.9 Å². The minimum atomic E-state index is 0.169. The maximum absolute atomic E-state index is 13.1. The number of hydrogen-bond donors (Lipinski definition) is 0. The lowest BCUT2D eigenvalue weighted by Crippen LogP contribution is -2.36. The predicted octanol–water partition coefficient (Wildman–Crippen LogP) is 4.16. The van der Waals surface area contributed by atoms with Gasteiger partial charge >= 0.3 is 0 Å². The number of nitrogens with zero attached hydrogens (tertiary/aromatic N) is 4. The van der Waals surface area contributed by atoms with Crippen LogP contribution >= 0.6 is 0 Å². The van der Waals surface area contributed by atoms with Crippen LogP contribution in [0.3, 0.4) is 0 Å². The molecule has 1 aromatic carbocycles. The van der Waals surface area contributed by atoms with E-state index in [0.29, 0.717) is 25.1 Å². The normalized spacial score (nSPS) is 13.5. The first-order chi connectivity index (χ1) is 15.3. The summed E-state index contributed by atoms with van der Waals surface area (Å²) in [6, 6.07) is 4.28. The SMILES string of the molecule is COc1cc2c(cc1OC)CN(C(=O)CCc1c(C)nc3c(cnn3C(C)C)c1C)CC2. The molecular weight excluding hydrogens is 404 g/mol. The van der Waals surface area contributed by atoms with E-state index in [-0.39, 0.29) is 11.9 Å². The summed E-state index contributed by atoms with van der Waals surface area (Å²) in [7, 11) is 3.28. The van der Waals surface area contributed by atoms with Gasteiger partial charge in [-0.2, -0.15) is 5.10 Å². The van der Waals surface area contributed by atoms with Gasteiger partial charge in [-0.1, -0.05) is 0 Å². The molecule has 0 spiro atoms. The molecule has 0 N–H and O–H groups in total. The summed E-state index contributed by atoms with van der Waals surface area (Å²) in [5.74, 6) is 1.61. The quantitative estimate of drug-likeness (QED) is 0.580. The Bertz CT molecular complexity index is 1170. The van der Waals surface area contributed by atoms with Gasteiger partial charge in [-0.15, -0.1) is 0 Å². The zero-order chi connectivity index (χ0) is 23.0. The van der Waals surface area contributed by atoms with Gasteiger partial charge < -0.3 is 14.4 Å². The first kappa shape index (κ1) is 22.1. The van der Waals surface area contributed by atoms with Crippen LogP contribution < -0.4 is 9.47 Å². The molecule has 0 radical (unpaired) electrons. The molecular formula is C25H32N4O3. The Morgan fingerprint density at radius 1 is 1.12 bits per heavy atom. The number of aromatic nitrogens is 3. The van der Waals surface area contributed by atoms with Crippen molar-refractivity contribution >= 4 is 16.9 Å². The molecule has 7 nitrogen and oxygen atoms in total. The molecule has 0 bridgehead atoms. The van der Waals surface area contributed by atoms with Crippen LogP contribution in [-0.4, -0.2) is 46.3 Å². The maximum atomic E-state index is 13.1. The van der Waals surface area contributed by atoms with Crippen molar-refractivity contribution < 1.29 is 14.3 Å². The highest BCUT2D eigenvalue weighted by Crippen LogP contribution is 2.33. The monoisotopic (exact) mass is 436 g/mol. The lowest BCUT2D eigenvalue weighted by Gasteiger charge is -2.30. The van der Waals surface area contributed by atoms with E-state index in [2.05, 4.69) is 25.9 Å². The minimum Gasteiger partial charge on any atom is -0.493 e. The van der Waals surface area contributed by atoms with Gasteiger partial charge in [-0.3, -0.25) is 4.79 Å². The van der Waals surface area contributed by atoms with Crippen molar-refractivity contribution in [2.45, 2.75) is 59.5 Å². The Hall–Kier alpha value is -3.09. The van der Waals surface area contributed by atoms with Crippen LogP contribution in [0.4, 0.5) is 0 Å². The molecule has 0 atom stereocenters. The highest BCUT2D eigenvalue weighted by Gasteiger charge is 2.23. The molecule has 0 aliphatic carbocycles. The second-order valence-electron chi connectivity index (χ2n) is 8.76. The number of hydrogen-bond acceptors (Lipinski definition) is 5. The van der Waals surface area contributed by atoms with Crippen molar-refractivity contribution in [1.82, 2.24) is 19.7 Å². The Morgan fingerprint density at radius 3 is 2.47 bits per heavy atom. The van der Waals surface area contributed by atoms with Crippen molar-refractivity contribution in [1.29, 1.82) is 0 Å². The third-order valence-corrected chi connectivity index (χ3v) is 6.48. The summed E-state index contributed by atoms with van der Waals surface area (Å²) in [6.45, 7) is 9.67. The Balaban J connectivity index is 1.49. The number of carbonyl (C=O) groups is 1. The van der Waals surface area contributed by atoms with Crippen LogP contribution in [0.15, 0.2) is 18.3 Å². The highest BCUT2D eigenvalue weighted by molar-refractivity contribution is 5.81. The van der Waals surface area contributed by atoms with E-state index in [1.165, 1.54) is 11.1 Å². The Labute approximate surface area is 189 Å². The Kier molecular flexibility index (Phi) is 6.09. The molecule has 1 amide bonds. The van der Waals surface area contributed by atoms with Gasteiger partial charge in [0, 0.05) is 36.6 Å². The summed E-state index contributed by atoms with van der Waals surface area (Å²) in [5, 5.41) is 5.58. The molecule has 1 aliphatic rings. The molecule has 0 fully saturated rings. The number of carbonyl (C=O) groups excluding carboxylic acids is 1. The van der Waals surface area contributed by atoms with E-state index in [1.54, 1.807) is 14.2 Å². The van der Waals surface area contributed by atoms with Crippen LogP contribution in [0.5, 0.6) is 11.5 Å². The molecule has 0 saturated heterocycles. The van der Waals surface area contributed by atoms with Crippen molar-refractivity contribution in [3.05, 3.63) is 46.3 Å². The molecule has 3 aromatic rings. The maximum Gasteiger partial charge on any atom is 0.223 e. The zero-order valence-electron chi connectivity index (χ0n) is 19.9. The van der Waals surface area contributed by atoms with Gasteiger partial charge in [0.2, 0.25) is 5.91 Å². The lowest BCUT2D eigenvalue weighted by molar-refractivity contribution is -0.132. The third kappa shape index (κ3) is 3.92. The number of aryl methyl sites for hydroxylation is 2. The minimum absolute atomic E-state index is 0.169. The standard InChI is InChI=1S/C25H32N4O3/c1-15(2)29-25-21(13-26-29)16(3)20(17(4)27-25)7-8-24(30)28-10-9-18-11-22(31-5)23(32-6)12-19(18)14-28/h11-13,15H,7-10,14H2,1-6H3. The average molecular weight is 437 g/mol. The number of benzene rings is 1. The average Bonchev–Trinajstić information content (AvgIpc) is 3.21. The number of fused-ring (bicyclic) bond motifs is 2. The second kappa shape index (κ2) is 8.81. The first-order valence-corrected chi connectivity index (χ1v) is 11.2. The van der Waals surface area contributed by atoms with Gasteiger partial charge in [0.05, 0.1) is 20.4 Å². The topological polar surface area (TPSA) is 69.5 Å². The molecule has 1 aliphatic heterocycles. The molecule has 170 valence electrons. The summed E-state index contributed by atoms with van der Waals surface area (Å²) < 4.78 is 12.8. The van der Waals surface area contributed by atoms with Gasteiger partial charge in [0.15, 0.2) is 17.1 Å². The van der Waals surface area contributed by atoms with Crippen LogP contribution in [-0.2, 0) is 24.2 Å². The van der Waals surface area contributed by atoms with Crippen molar-refractivity contribution in [3.8, 4) is 11.5 Å². The molecule has 2 aromatic heterocycles. The van der Waals surface area contributed by atoms with E-state index in [4.69, 9.17) is 14.5 Å². The van der Waals surface area contributed by atoms with E-state index in [0.717, 1.165) is 46.6 Å².